The zero-order chi connectivity index (χ0) is 26.8. The van der Waals surface area contributed by atoms with E-state index < -0.39 is 0 Å². The summed E-state index contributed by atoms with van der Waals surface area (Å²) in [6, 6.07) is 12.0. The molecule has 2 aromatic rings. The number of hydrogen-bond donors (Lipinski definition) is 0. The Morgan fingerprint density at radius 1 is 0.333 bits per heavy atom. The van der Waals surface area contributed by atoms with Crippen molar-refractivity contribution in [2.24, 2.45) is 0 Å². The van der Waals surface area contributed by atoms with Gasteiger partial charge < -0.3 is 47.4 Å². The lowest BCUT2D eigenvalue weighted by molar-refractivity contribution is 0.00708. The van der Waals surface area contributed by atoms with Crippen LogP contribution in [0.1, 0.15) is 11.1 Å². The Morgan fingerprint density at radius 2 is 0.615 bits per heavy atom. The third kappa shape index (κ3) is 11.2. The van der Waals surface area contributed by atoms with Crippen LogP contribution in [0.2, 0.25) is 0 Å². The van der Waals surface area contributed by atoms with Crippen molar-refractivity contribution in [1.82, 2.24) is 0 Å². The van der Waals surface area contributed by atoms with Crippen molar-refractivity contribution in [2.75, 3.05) is 106 Å². The van der Waals surface area contributed by atoms with Crippen molar-refractivity contribution in [3.05, 3.63) is 47.5 Å². The predicted octanol–water partition coefficient (Wildman–Crippen LogP) is 2.92. The highest BCUT2D eigenvalue weighted by Gasteiger charge is 2.12. The normalized spacial score (nSPS) is 19.5. The number of ether oxygens (including phenoxy) is 10. The van der Waals surface area contributed by atoms with Crippen LogP contribution in [0.25, 0.3) is 0 Å². The Bertz CT molecular complexity index is 878. The van der Waals surface area contributed by atoms with Crippen LogP contribution in [0.5, 0.6) is 23.0 Å². The highest BCUT2D eigenvalue weighted by Crippen LogP contribution is 2.32. The van der Waals surface area contributed by atoms with Crippen LogP contribution in [0.15, 0.2) is 36.4 Å². The average Bonchev–Trinajstić information content (AvgIpc) is 2.96. The first-order valence-corrected chi connectivity index (χ1v) is 13.6. The molecule has 216 valence electrons. The summed E-state index contributed by atoms with van der Waals surface area (Å²) < 4.78 is 57.2. The van der Waals surface area contributed by atoms with Gasteiger partial charge >= 0.3 is 0 Å². The molecule has 10 heteroatoms. The molecule has 0 amide bonds. The van der Waals surface area contributed by atoms with E-state index in [2.05, 4.69) is 0 Å². The molecular weight excluding hydrogens is 508 g/mol. The molecule has 0 saturated carbocycles. The molecule has 0 aliphatic carbocycles. The fourth-order valence-corrected chi connectivity index (χ4v) is 3.95. The van der Waals surface area contributed by atoms with Crippen LogP contribution in [-0.4, -0.2) is 106 Å². The smallest absolute Gasteiger partial charge is 0.161 e. The second-order valence-corrected chi connectivity index (χ2v) is 8.81. The maximum atomic E-state index is 6.03. The van der Waals surface area contributed by atoms with Crippen molar-refractivity contribution >= 4 is 0 Å². The summed E-state index contributed by atoms with van der Waals surface area (Å²) in [5.74, 6) is 2.71. The molecule has 0 radical (unpaired) electrons. The Labute approximate surface area is 230 Å². The molecule has 0 fully saturated rings. The second kappa shape index (κ2) is 17.9. The van der Waals surface area contributed by atoms with Crippen LogP contribution in [0.3, 0.4) is 0 Å². The molecule has 2 aromatic carbocycles. The first-order chi connectivity index (χ1) is 19.4. The van der Waals surface area contributed by atoms with Gasteiger partial charge in [0.25, 0.3) is 0 Å². The topological polar surface area (TPSA) is 92.3 Å². The third-order valence-electron chi connectivity index (χ3n) is 5.85. The summed E-state index contributed by atoms with van der Waals surface area (Å²) in [6.45, 7) is 7.80. The average molecular weight is 549 g/mol. The summed E-state index contributed by atoms with van der Waals surface area (Å²) in [4.78, 5) is 0. The van der Waals surface area contributed by atoms with Crippen molar-refractivity contribution in [2.45, 2.75) is 6.42 Å². The highest BCUT2D eigenvalue weighted by atomic mass is 16.6. The van der Waals surface area contributed by atoms with E-state index in [4.69, 9.17) is 47.4 Å². The van der Waals surface area contributed by atoms with Crippen LogP contribution in [-0.2, 0) is 34.8 Å². The van der Waals surface area contributed by atoms with Gasteiger partial charge in [0.2, 0.25) is 0 Å². The molecule has 0 atom stereocenters. The minimum absolute atomic E-state index is 0.415. The first kappa shape index (κ1) is 29.4. The Hall–Kier alpha value is -2.60. The van der Waals surface area contributed by atoms with Gasteiger partial charge in [0.1, 0.15) is 26.4 Å². The van der Waals surface area contributed by atoms with E-state index in [9.17, 15) is 0 Å². The number of hydrogen-bond acceptors (Lipinski definition) is 10. The van der Waals surface area contributed by atoms with Gasteiger partial charge in [-0.15, -0.1) is 0 Å². The van der Waals surface area contributed by atoms with Gasteiger partial charge in [0, 0.05) is 0 Å². The number of rotatable bonds is 2. The van der Waals surface area contributed by atoms with Crippen LogP contribution in [0, 0.1) is 0 Å². The van der Waals surface area contributed by atoms with Gasteiger partial charge in [0.15, 0.2) is 23.0 Å². The fraction of sp³-hybridized carbons (Fsp3) is 0.586. The summed E-state index contributed by atoms with van der Waals surface area (Å²) in [7, 11) is 0. The largest absolute Gasteiger partial charge is 0.487 e. The standard InChI is InChI=1S/C29H40O10/c1-3-26-28(38-19-15-34-11-7-30-5-9-32-13-17-36-26)22-24(1)21-25-2-4-27-29(23-25)39-20-16-35-12-8-31-6-10-33-14-18-37-27/h1-4,22-23H,5-21H2. The maximum Gasteiger partial charge on any atom is 0.161 e. The van der Waals surface area contributed by atoms with Crippen molar-refractivity contribution in [1.29, 1.82) is 0 Å². The van der Waals surface area contributed by atoms with E-state index >= 15 is 0 Å². The minimum Gasteiger partial charge on any atom is -0.487 e. The SMILES string of the molecule is c1cc2c(cc1Cc1ccc3c(c1)OCCOCCOCCOCCO3)OCCOCCOCCOCCO2. The lowest BCUT2D eigenvalue weighted by atomic mass is 10.0. The predicted molar refractivity (Wildman–Crippen MR) is 143 cm³/mol. The molecule has 0 unspecified atom stereocenters. The Morgan fingerprint density at radius 3 is 0.949 bits per heavy atom. The van der Waals surface area contributed by atoms with Crippen molar-refractivity contribution in [3.8, 4) is 23.0 Å². The molecule has 0 spiro atoms. The van der Waals surface area contributed by atoms with E-state index in [0.29, 0.717) is 135 Å². The van der Waals surface area contributed by atoms with Crippen LogP contribution >= 0.6 is 0 Å². The molecule has 2 heterocycles. The molecule has 10 nitrogen and oxygen atoms in total. The van der Waals surface area contributed by atoms with Gasteiger partial charge in [0.05, 0.1) is 79.3 Å². The van der Waals surface area contributed by atoms with E-state index in [1.165, 1.54) is 0 Å². The van der Waals surface area contributed by atoms with E-state index in [1.54, 1.807) is 0 Å². The van der Waals surface area contributed by atoms with Crippen LogP contribution < -0.4 is 18.9 Å². The molecule has 2 aliphatic heterocycles. The third-order valence-corrected chi connectivity index (χ3v) is 5.85. The van der Waals surface area contributed by atoms with E-state index in [1.807, 2.05) is 36.4 Å². The number of fused-ring (bicyclic) bond motifs is 2. The van der Waals surface area contributed by atoms with Gasteiger partial charge in [-0.05, 0) is 41.8 Å². The van der Waals surface area contributed by atoms with Gasteiger partial charge in [-0.1, -0.05) is 12.1 Å². The molecule has 2 aliphatic rings. The number of benzene rings is 2. The maximum absolute atomic E-state index is 6.03. The zero-order valence-corrected chi connectivity index (χ0v) is 22.6. The summed E-state index contributed by atoms with van der Waals surface area (Å²) >= 11 is 0. The first-order valence-electron chi connectivity index (χ1n) is 13.6. The summed E-state index contributed by atoms with van der Waals surface area (Å²) in [6.07, 6.45) is 0.682. The molecule has 0 saturated heterocycles. The van der Waals surface area contributed by atoms with Crippen LogP contribution in [0.4, 0.5) is 0 Å². The molecule has 0 aromatic heterocycles. The lowest BCUT2D eigenvalue weighted by Gasteiger charge is -2.16. The second-order valence-electron chi connectivity index (χ2n) is 8.81. The van der Waals surface area contributed by atoms with E-state index in [0.717, 1.165) is 11.1 Å². The van der Waals surface area contributed by atoms with Crippen molar-refractivity contribution < 1.29 is 47.4 Å². The molecule has 39 heavy (non-hydrogen) atoms. The zero-order valence-electron chi connectivity index (χ0n) is 22.6. The Kier molecular flexibility index (Phi) is 13.5. The summed E-state index contributed by atoms with van der Waals surface area (Å²) in [5.41, 5.74) is 2.16. The quantitative estimate of drug-likeness (QED) is 0.558. The molecule has 0 N–H and O–H groups in total. The Balaban J connectivity index is 1.41. The molecule has 4 rings (SSSR count). The molecule has 0 bridgehead atoms. The molecular formula is C29H40O10. The van der Waals surface area contributed by atoms with E-state index in [-0.39, 0.29) is 0 Å². The minimum atomic E-state index is 0.415. The fourth-order valence-electron chi connectivity index (χ4n) is 3.95. The van der Waals surface area contributed by atoms with Gasteiger partial charge in [-0.25, -0.2) is 0 Å². The van der Waals surface area contributed by atoms with Gasteiger partial charge in [-0.2, -0.15) is 0 Å². The van der Waals surface area contributed by atoms with Crippen molar-refractivity contribution in [3.63, 3.8) is 0 Å². The lowest BCUT2D eigenvalue weighted by Crippen LogP contribution is -2.13. The monoisotopic (exact) mass is 548 g/mol. The summed E-state index contributed by atoms with van der Waals surface area (Å²) in [5, 5.41) is 0. The highest BCUT2D eigenvalue weighted by molar-refractivity contribution is 5.47. The van der Waals surface area contributed by atoms with Gasteiger partial charge in [-0.3, -0.25) is 0 Å².